The number of amides is 2. The molecule has 190 valence electrons. The maximum Gasteiger partial charge on any atom is 0.343 e. The number of esters is 1. The van der Waals surface area contributed by atoms with Gasteiger partial charge in [0.15, 0.2) is 5.76 Å². The lowest BCUT2D eigenvalue weighted by Gasteiger charge is -2.38. The quantitative estimate of drug-likeness (QED) is 0.310. The predicted octanol–water partition coefficient (Wildman–Crippen LogP) is 3.97. The molecule has 10 nitrogen and oxygen atoms in total. The Bertz CT molecular complexity index is 1230. The number of likely N-dealkylation sites (tertiary alicyclic amines) is 1. The Morgan fingerprint density at radius 2 is 1.69 bits per heavy atom. The van der Waals surface area contributed by atoms with E-state index in [1.54, 1.807) is 14.2 Å². The number of piperidine rings is 1. The number of urea groups is 1. The molecule has 0 unspecified atom stereocenters. The average Bonchev–Trinajstić information content (AvgIpc) is 3.38. The molecular formula is C26H29N3O7. The van der Waals surface area contributed by atoms with Crippen molar-refractivity contribution in [3.8, 4) is 34.1 Å². The van der Waals surface area contributed by atoms with Gasteiger partial charge in [-0.05, 0) is 49.2 Å². The zero-order chi connectivity index (χ0) is 25.9. The fourth-order valence-electron chi connectivity index (χ4n) is 4.47. The monoisotopic (exact) mass is 495 g/mol. The molecule has 1 aliphatic rings. The number of oxazole rings is 1. The van der Waals surface area contributed by atoms with Gasteiger partial charge in [0, 0.05) is 31.3 Å². The molecule has 36 heavy (non-hydrogen) atoms. The van der Waals surface area contributed by atoms with Crippen molar-refractivity contribution in [2.24, 2.45) is 0 Å². The molecule has 1 aromatic heterocycles. The highest BCUT2D eigenvalue weighted by molar-refractivity contribution is 5.85. The first kappa shape index (κ1) is 25.1. The van der Waals surface area contributed by atoms with Crippen LogP contribution in [0.3, 0.4) is 0 Å². The second-order valence-corrected chi connectivity index (χ2v) is 8.49. The van der Waals surface area contributed by atoms with Crippen LogP contribution >= 0.6 is 0 Å². The van der Waals surface area contributed by atoms with Crippen molar-refractivity contribution in [1.29, 1.82) is 0 Å². The van der Waals surface area contributed by atoms with Crippen molar-refractivity contribution in [2.45, 2.75) is 18.3 Å². The van der Waals surface area contributed by atoms with Crippen molar-refractivity contribution in [1.82, 2.24) is 14.9 Å². The fourth-order valence-corrected chi connectivity index (χ4v) is 4.47. The number of carbonyl (C=O) groups excluding carboxylic acids is 2. The Kier molecular flexibility index (Phi) is 7.16. The Morgan fingerprint density at radius 1 is 1.03 bits per heavy atom. The molecule has 0 bridgehead atoms. The highest BCUT2D eigenvalue weighted by Gasteiger charge is 2.49. The largest absolute Gasteiger partial charge is 0.497 e. The van der Waals surface area contributed by atoms with Crippen LogP contribution in [0.1, 0.15) is 18.7 Å². The van der Waals surface area contributed by atoms with E-state index in [-0.39, 0.29) is 31.8 Å². The zero-order valence-electron chi connectivity index (χ0n) is 20.7. The summed E-state index contributed by atoms with van der Waals surface area (Å²) in [5, 5.41) is 10.1. The van der Waals surface area contributed by atoms with E-state index in [0.717, 1.165) is 5.56 Å². The summed E-state index contributed by atoms with van der Waals surface area (Å²) in [6.07, 6.45) is 0.431. The molecule has 1 fully saturated rings. The SMILES string of the molecule is COC(=O)C1(c2nc(-c3ccccc3OC)c(-c3ccc(OC)cc3)o2)CCN(C(=O)N(C)O)CC1. The molecule has 1 aliphatic heterocycles. The van der Waals surface area contributed by atoms with Crippen molar-refractivity contribution in [2.75, 3.05) is 41.5 Å². The number of hydroxylamine groups is 2. The molecule has 0 aliphatic carbocycles. The van der Waals surface area contributed by atoms with Crippen LogP contribution in [0.5, 0.6) is 11.5 Å². The molecule has 0 saturated carbocycles. The number of hydrogen-bond acceptors (Lipinski definition) is 8. The van der Waals surface area contributed by atoms with E-state index in [1.165, 1.54) is 19.1 Å². The molecular weight excluding hydrogens is 466 g/mol. The molecule has 3 aromatic rings. The third-order valence-corrected chi connectivity index (χ3v) is 6.49. The Hall–Kier alpha value is -4.05. The third kappa shape index (κ3) is 4.47. The summed E-state index contributed by atoms with van der Waals surface area (Å²) in [4.78, 5) is 31.7. The van der Waals surface area contributed by atoms with Crippen LogP contribution in [-0.2, 0) is 14.9 Å². The van der Waals surface area contributed by atoms with Gasteiger partial charge in [-0.1, -0.05) is 12.1 Å². The van der Waals surface area contributed by atoms with Gasteiger partial charge in [0.2, 0.25) is 5.89 Å². The second kappa shape index (κ2) is 10.3. The van der Waals surface area contributed by atoms with Crippen LogP contribution in [0, 0.1) is 0 Å². The van der Waals surface area contributed by atoms with Gasteiger partial charge in [0.05, 0.1) is 21.3 Å². The van der Waals surface area contributed by atoms with Gasteiger partial charge in [-0.3, -0.25) is 10.0 Å². The molecule has 2 heterocycles. The van der Waals surface area contributed by atoms with E-state index in [4.69, 9.17) is 23.6 Å². The number of rotatable bonds is 6. The Balaban J connectivity index is 1.84. The van der Waals surface area contributed by atoms with Gasteiger partial charge in [-0.15, -0.1) is 0 Å². The second-order valence-electron chi connectivity index (χ2n) is 8.49. The maximum atomic E-state index is 13.2. The summed E-state index contributed by atoms with van der Waals surface area (Å²) in [6.45, 7) is 0.423. The number of methoxy groups -OCH3 is 3. The highest BCUT2D eigenvalue weighted by atomic mass is 16.5. The van der Waals surface area contributed by atoms with Crippen molar-refractivity contribution in [3.05, 3.63) is 54.4 Å². The number of hydrogen-bond donors (Lipinski definition) is 1. The van der Waals surface area contributed by atoms with E-state index >= 15 is 0 Å². The van der Waals surface area contributed by atoms with E-state index in [2.05, 4.69) is 0 Å². The van der Waals surface area contributed by atoms with Crippen molar-refractivity contribution < 1.29 is 33.4 Å². The van der Waals surface area contributed by atoms with Gasteiger partial charge in [-0.25, -0.2) is 14.8 Å². The molecule has 1 N–H and O–H groups in total. The molecule has 4 rings (SSSR count). The minimum absolute atomic E-state index is 0.200. The fraction of sp³-hybridized carbons (Fsp3) is 0.346. The van der Waals surface area contributed by atoms with Crippen LogP contribution in [-0.4, -0.2) is 73.6 Å². The zero-order valence-corrected chi connectivity index (χ0v) is 20.7. The van der Waals surface area contributed by atoms with Gasteiger partial charge >= 0.3 is 12.0 Å². The normalized spacial score (nSPS) is 14.8. The molecule has 0 atom stereocenters. The van der Waals surface area contributed by atoms with Crippen molar-refractivity contribution in [3.63, 3.8) is 0 Å². The van der Waals surface area contributed by atoms with E-state index in [1.807, 2.05) is 48.5 Å². The third-order valence-electron chi connectivity index (χ3n) is 6.49. The Morgan fingerprint density at radius 3 is 2.28 bits per heavy atom. The molecule has 0 radical (unpaired) electrons. The smallest absolute Gasteiger partial charge is 0.343 e. The summed E-state index contributed by atoms with van der Waals surface area (Å²) in [5.74, 6) is 1.46. The Labute approximate surface area is 208 Å². The first-order chi connectivity index (χ1) is 17.3. The predicted molar refractivity (Wildman–Crippen MR) is 130 cm³/mol. The molecule has 10 heteroatoms. The highest BCUT2D eigenvalue weighted by Crippen LogP contribution is 2.43. The number of ether oxygens (including phenoxy) is 3. The lowest BCUT2D eigenvalue weighted by atomic mass is 9.78. The number of para-hydroxylation sites is 1. The van der Waals surface area contributed by atoms with Gasteiger partial charge in [0.1, 0.15) is 22.6 Å². The molecule has 0 spiro atoms. The number of carbonyl (C=O) groups is 2. The average molecular weight is 496 g/mol. The first-order valence-corrected chi connectivity index (χ1v) is 11.4. The van der Waals surface area contributed by atoms with E-state index in [9.17, 15) is 14.8 Å². The van der Waals surface area contributed by atoms with Gasteiger partial charge in [-0.2, -0.15) is 0 Å². The number of aromatic nitrogens is 1. The van der Waals surface area contributed by atoms with Gasteiger partial charge < -0.3 is 23.5 Å². The van der Waals surface area contributed by atoms with Crippen LogP contribution in [0.15, 0.2) is 52.9 Å². The van der Waals surface area contributed by atoms with Crippen LogP contribution in [0.2, 0.25) is 0 Å². The summed E-state index contributed by atoms with van der Waals surface area (Å²) in [7, 11) is 5.75. The number of benzene rings is 2. The lowest BCUT2D eigenvalue weighted by Crippen LogP contribution is -2.51. The molecule has 2 amide bonds. The minimum Gasteiger partial charge on any atom is -0.497 e. The summed E-state index contributed by atoms with van der Waals surface area (Å²) >= 11 is 0. The first-order valence-electron chi connectivity index (χ1n) is 11.4. The molecule has 2 aromatic carbocycles. The van der Waals surface area contributed by atoms with Crippen LogP contribution in [0.4, 0.5) is 4.79 Å². The topological polar surface area (TPSA) is 115 Å². The summed E-state index contributed by atoms with van der Waals surface area (Å²) in [5.41, 5.74) is 0.756. The van der Waals surface area contributed by atoms with E-state index in [0.29, 0.717) is 33.6 Å². The molecule has 1 saturated heterocycles. The minimum atomic E-state index is -1.21. The number of nitrogens with zero attached hydrogens (tertiary/aromatic N) is 3. The maximum absolute atomic E-state index is 13.2. The standard InChI is InChI=1S/C26H29N3O7/c1-28(32)25(31)29-15-13-26(14-16-29,24(30)35-4)23-27-21(19-7-5-6-8-20(19)34-3)22(36-23)17-9-11-18(33-2)12-10-17/h5-12,32H,13-16H2,1-4H3. The van der Waals surface area contributed by atoms with Crippen LogP contribution in [0.25, 0.3) is 22.6 Å². The van der Waals surface area contributed by atoms with E-state index < -0.39 is 17.4 Å². The summed E-state index contributed by atoms with van der Waals surface area (Å²) in [6, 6.07) is 14.2. The van der Waals surface area contributed by atoms with Gasteiger partial charge in [0.25, 0.3) is 0 Å². The van der Waals surface area contributed by atoms with Crippen LogP contribution < -0.4 is 9.47 Å². The lowest BCUT2D eigenvalue weighted by molar-refractivity contribution is -0.150. The van der Waals surface area contributed by atoms with Crippen molar-refractivity contribution >= 4 is 12.0 Å². The summed E-state index contributed by atoms with van der Waals surface area (Å²) < 4.78 is 22.4.